The van der Waals surface area contributed by atoms with Crippen LogP contribution in [0.4, 0.5) is 0 Å². The zero-order chi connectivity index (χ0) is 20.2. The Bertz CT molecular complexity index is 592. The van der Waals surface area contributed by atoms with Crippen LogP contribution in [-0.4, -0.2) is 18.5 Å². The Morgan fingerprint density at radius 3 is 2.00 bits per heavy atom. The molecule has 1 rings (SSSR count). The van der Waals surface area contributed by atoms with Crippen molar-refractivity contribution in [3.05, 3.63) is 18.2 Å². The van der Waals surface area contributed by atoms with Gasteiger partial charge in [-0.15, -0.1) is 0 Å². The fourth-order valence-electron chi connectivity index (χ4n) is 2.30. The standard InChI is InChI=1S/C22H34O5/c1-6-7-8-9-10-11-15-25-18-13-12-14-19(26-21(23)16(2)3)20(18)27-22(24)17(4)5/h12-14,16-17H,6-11,15H2,1-5H3. The maximum atomic E-state index is 12.1. The molecule has 0 aromatic heterocycles. The summed E-state index contributed by atoms with van der Waals surface area (Å²) in [6.07, 6.45) is 6.95. The first-order valence-electron chi connectivity index (χ1n) is 10.1. The molecular formula is C22H34O5. The highest BCUT2D eigenvalue weighted by atomic mass is 16.6. The quantitative estimate of drug-likeness (QED) is 0.271. The second kappa shape index (κ2) is 12.4. The van der Waals surface area contributed by atoms with Gasteiger partial charge in [-0.3, -0.25) is 9.59 Å². The van der Waals surface area contributed by atoms with Crippen LogP contribution < -0.4 is 14.2 Å². The molecule has 0 aliphatic heterocycles. The van der Waals surface area contributed by atoms with Crippen molar-refractivity contribution in [2.24, 2.45) is 11.8 Å². The van der Waals surface area contributed by atoms with Crippen molar-refractivity contribution in [1.82, 2.24) is 0 Å². The molecule has 0 saturated carbocycles. The van der Waals surface area contributed by atoms with Gasteiger partial charge in [0, 0.05) is 0 Å². The summed E-state index contributed by atoms with van der Waals surface area (Å²) in [7, 11) is 0. The van der Waals surface area contributed by atoms with Crippen LogP contribution in [0.3, 0.4) is 0 Å². The molecule has 0 saturated heterocycles. The van der Waals surface area contributed by atoms with Crippen LogP contribution >= 0.6 is 0 Å². The first-order valence-corrected chi connectivity index (χ1v) is 10.1. The summed E-state index contributed by atoms with van der Waals surface area (Å²) in [6.45, 7) is 9.73. The van der Waals surface area contributed by atoms with Crippen molar-refractivity contribution in [2.45, 2.75) is 73.1 Å². The Hall–Kier alpha value is -2.04. The van der Waals surface area contributed by atoms with Crippen molar-refractivity contribution in [2.75, 3.05) is 6.61 Å². The van der Waals surface area contributed by atoms with E-state index in [2.05, 4.69) is 6.92 Å². The van der Waals surface area contributed by atoms with E-state index in [0.29, 0.717) is 12.4 Å². The van der Waals surface area contributed by atoms with Gasteiger partial charge in [0.1, 0.15) is 0 Å². The number of esters is 2. The fraction of sp³-hybridized carbons (Fsp3) is 0.636. The van der Waals surface area contributed by atoms with Gasteiger partial charge in [0.2, 0.25) is 5.75 Å². The van der Waals surface area contributed by atoms with Gasteiger partial charge >= 0.3 is 11.9 Å². The molecule has 0 unspecified atom stereocenters. The number of carbonyl (C=O) groups is 2. The highest BCUT2D eigenvalue weighted by Gasteiger charge is 2.21. The summed E-state index contributed by atoms with van der Waals surface area (Å²) < 4.78 is 16.7. The maximum absolute atomic E-state index is 12.1. The Balaban J connectivity index is 2.81. The zero-order valence-corrected chi connectivity index (χ0v) is 17.4. The first kappa shape index (κ1) is 23.0. The van der Waals surface area contributed by atoms with E-state index in [0.717, 1.165) is 12.8 Å². The average Bonchev–Trinajstić information content (AvgIpc) is 2.62. The monoisotopic (exact) mass is 378 g/mol. The molecule has 0 spiro atoms. The molecular weight excluding hydrogens is 344 g/mol. The minimum absolute atomic E-state index is 0.177. The third-order valence-corrected chi connectivity index (χ3v) is 4.05. The molecule has 0 heterocycles. The third kappa shape index (κ3) is 8.46. The Morgan fingerprint density at radius 2 is 1.37 bits per heavy atom. The molecule has 5 heteroatoms. The van der Waals surface area contributed by atoms with E-state index in [9.17, 15) is 9.59 Å². The van der Waals surface area contributed by atoms with Crippen LogP contribution in [0.5, 0.6) is 17.2 Å². The van der Waals surface area contributed by atoms with E-state index in [1.165, 1.54) is 25.7 Å². The number of hydrogen-bond donors (Lipinski definition) is 0. The van der Waals surface area contributed by atoms with Crippen LogP contribution in [0, 0.1) is 11.8 Å². The van der Waals surface area contributed by atoms with Crippen LogP contribution in [-0.2, 0) is 9.59 Å². The minimum Gasteiger partial charge on any atom is -0.490 e. The predicted octanol–water partition coefficient (Wildman–Crippen LogP) is 5.55. The fourth-order valence-corrected chi connectivity index (χ4v) is 2.30. The van der Waals surface area contributed by atoms with E-state index in [1.807, 2.05) is 0 Å². The highest BCUT2D eigenvalue weighted by molar-refractivity contribution is 5.79. The molecule has 0 atom stereocenters. The molecule has 27 heavy (non-hydrogen) atoms. The number of para-hydroxylation sites is 1. The second-order valence-corrected chi connectivity index (χ2v) is 7.35. The van der Waals surface area contributed by atoms with E-state index in [1.54, 1.807) is 45.9 Å². The van der Waals surface area contributed by atoms with E-state index in [-0.39, 0.29) is 29.3 Å². The number of unbranched alkanes of at least 4 members (excludes halogenated alkanes) is 5. The van der Waals surface area contributed by atoms with Gasteiger partial charge in [-0.25, -0.2) is 0 Å². The zero-order valence-electron chi connectivity index (χ0n) is 17.4. The van der Waals surface area contributed by atoms with Crippen molar-refractivity contribution in [3.63, 3.8) is 0 Å². The van der Waals surface area contributed by atoms with Crippen molar-refractivity contribution in [1.29, 1.82) is 0 Å². The Morgan fingerprint density at radius 1 is 0.815 bits per heavy atom. The number of hydrogen-bond acceptors (Lipinski definition) is 5. The summed E-state index contributed by atoms with van der Waals surface area (Å²) in [5, 5.41) is 0. The van der Waals surface area contributed by atoms with Gasteiger partial charge in [0.05, 0.1) is 18.4 Å². The smallest absolute Gasteiger partial charge is 0.314 e. The van der Waals surface area contributed by atoms with Crippen LogP contribution in [0.1, 0.15) is 73.1 Å². The second-order valence-electron chi connectivity index (χ2n) is 7.35. The van der Waals surface area contributed by atoms with Crippen molar-refractivity contribution >= 4 is 11.9 Å². The lowest BCUT2D eigenvalue weighted by Gasteiger charge is -2.16. The molecule has 0 aliphatic rings. The van der Waals surface area contributed by atoms with Gasteiger partial charge in [-0.05, 0) is 18.6 Å². The lowest BCUT2D eigenvalue weighted by Crippen LogP contribution is -2.19. The van der Waals surface area contributed by atoms with E-state index in [4.69, 9.17) is 14.2 Å². The van der Waals surface area contributed by atoms with Crippen molar-refractivity contribution < 1.29 is 23.8 Å². The number of benzene rings is 1. The van der Waals surface area contributed by atoms with Crippen LogP contribution in [0.25, 0.3) is 0 Å². The number of ether oxygens (including phenoxy) is 3. The summed E-state index contributed by atoms with van der Waals surface area (Å²) in [4.78, 5) is 24.1. The molecule has 0 bridgehead atoms. The number of carbonyl (C=O) groups excluding carboxylic acids is 2. The third-order valence-electron chi connectivity index (χ3n) is 4.05. The normalized spacial score (nSPS) is 10.9. The predicted molar refractivity (Wildman–Crippen MR) is 106 cm³/mol. The summed E-state index contributed by atoms with van der Waals surface area (Å²) in [6, 6.07) is 5.07. The Kier molecular flexibility index (Phi) is 10.5. The van der Waals surface area contributed by atoms with Gasteiger partial charge < -0.3 is 14.2 Å². The molecule has 1 aromatic carbocycles. The number of rotatable bonds is 12. The summed E-state index contributed by atoms with van der Waals surface area (Å²) in [5.74, 6) is -0.556. The SMILES string of the molecule is CCCCCCCCOc1cccc(OC(=O)C(C)C)c1OC(=O)C(C)C. The average molecular weight is 379 g/mol. The van der Waals surface area contributed by atoms with Gasteiger partial charge in [0.25, 0.3) is 0 Å². The lowest BCUT2D eigenvalue weighted by atomic mass is 10.1. The van der Waals surface area contributed by atoms with Gasteiger partial charge in [-0.2, -0.15) is 0 Å². The molecule has 1 aromatic rings. The largest absolute Gasteiger partial charge is 0.490 e. The Labute approximate surface area is 163 Å². The van der Waals surface area contributed by atoms with E-state index < -0.39 is 5.97 Å². The van der Waals surface area contributed by atoms with Crippen LogP contribution in [0.15, 0.2) is 18.2 Å². The molecule has 0 amide bonds. The maximum Gasteiger partial charge on any atom is 0.314 e. The van der Waals surface area contributed by atoms with E-state index >= 15 is 0 Å². The van der Waals surface area contributed by atoms with Gasteiger partial charge in [0.15, 0.2) is 11.5 Å². The summed E-state index contributed by atoms with van der Waals surface area (Å²) in [5.41, 5.74) is 0. The summed E-state index contributed by atoms with van der Waals surface area (Å²) >= 11 is 0. The minimum atomic E-state index is -0.396. The molecule has 152 valence electrons. The van der Waals surface area contributed by atoms with Gasteiger partial charge in [-0.1, -0.05) is 72.8 Å². The molecule has 0 radical (unpaired) electrons. The topological polar surface area (TPSA) is 61.8 Å². The molecule has 5 nitrogen and oxygen atoms in total. The molecule has 0 N–H and O–H groups in total. The highest BCUT2D eigenvalue weighted by Crippen LogP contribution is 2.38. The molecule has 0 aliphatic carbocycles. The van der Waals surface area contributed by atoms with Crippen molar-refractivity contribution in [3.8, 4) is 17.2 Å². The first-order chi connectivity index (χ1) is 12.9. The van der Waals surface area contributed by atoms with Crippen LogP contribution in [0.2, 0.25) is 0 Å². The lowest BCUT2D eigenvalue weighted by molar-refractivity contribution is -0.140. The molecule has 0 fully saturated rings.